The number of carboxylic acid groups (broad SMARTS) is 1. The number of fused-ring (bicyclic) bond motifs is 1. The van der Waals surface area contributed by atoms with Crippen molar-refractivity contribution in [3.8, 4) is 22.8 Å². The molecule has 6 rings (SSSR count). The summed E-state index contributed by atoms with van der Waals surface area (Å²) in [5.74, 6) is 0.894. The lowest BCUT2D eigenvalue weighted by molar-refractivity contribution is -0.136. The SMILES string of the molecule is CC.O=C(O)CCNC(=O)c1ccc(CN(c2ccc(C3CCCCC3)cc2)c2nc(-c3ccc4c(c3)OCCO4)cs2)cc1. The van der Waals surface area contributed by atoms with Gasteiger partial charge in [0.1, 0.15) is 13.2 Å². The summed E-state index contributed by atoms with van der Waals surface area (Å²) in [5.41, 5.74) is 5.81. The number of nitrogens with zero attached hydrogens (tertiary/aromatic N) is 2. The number of hydrogen-bond acceptors (Lipinski definition) is 7. The molecule has 9 heteroatoms. The van der Waals surface area contributed by atoms with Crippen LogP contribution in [0.4, 0.5) is 10.8 Å². The normalized spacial score (nSPS) is 14.2. The van der Waals surface area contributed by atoms with Gasteiger partial charge in [0.15, 0.2) is 16.6 Å². The van der Waals surface area contributed by atoms with Crippen molar-refractivity contribution in [3.05, 3.63) is 88.8 Å². The van der Waals surface area contributed by atoms with Crippen LogP contribution in [0.2, 0.25) is 0 Å². The smallest absolute Gasteiger partial charge is 0.305 e. The van der Waals surface area contributed by atoms with Crippen molar-refractivity contribution in [3.63, 3.8) is 0 Å². The van der Waals surface area contributed by atoms with Crippen LogP contribution in [-0.2, 0) is 11.3 Å². The standard InChI is InChI=1S/C34H35N3O5S.C2H6/c38-32(39)16-17-35-33(40)26-8-6-23(7-9-26)21-37(28-13-10-25(11-14-28)24-4-2-1-3-5-24)34-36-29(22-43-34)27-12-15-30-31(20-27)42-19-18-41-30;1-2/h6-15,20,22,24H,1-5,16-19,21H2,(H,35,40)(H,38,39);1-2H3. The number of carboxylic acids is 1. The highest BCUT2D eigenvalue weighted by Gasteiger charge is 2.20. The molecule has 8 nitrogen and oxygen atoms in total. The maximum atomic E-state index is 12.5. The van der Waals surface area contributed by atoms with Crippen LogP contribution in [0.5, 0.6) is 11.5 Å². The minimum atomic E-state index is -0.943. The summed E-state index contributed by atoms with van der Waals surface area (Å²) in [6.45, 7) is 5.75. The molecule has 0 saturated heterocycles. The number of thiazole rings is 1. The fourth-order valence-corrected chi connectivity index (χ4v) is 6.54. The molecule has 4 aromatic rings. The van der Waals surface area contributed by atoms with E-state index in [1.54, 1.807) is 23.5 Å². The molecule has 3 aromatic carbocycles. The van der Waals surface area contributed by atoms with Gasteiger partial charge in [-0.15, -0.1) is 11.3 Å². The van der Waals surface area contributed by atoms with Crippen LogP contribution >= 0.6 is 11.3 Å². The van der Waals surface area contributed by atoms with Gasteiger partial charge in [0.2, 0.25) is 0 Å². The van der Waals surface area contributed by atoms with Crippen molar-refractivity contribution in [2.75, 3.05) is 24.7 Å². The van der Waals surface area contributed by atoms with Crippen LogP contribution in [0.25, 0.3) is 11.3 Å². The molecule has 0 spiro atoms. The number of benzene rings is 3. The van der Waals surface area contributed by atoms with Crippen LogP contribution in [-0.4, -0.2) is 41.7 Å². The predicted octanol–water partition coefficient (Wildman–Crippen LogP) is 8.20. The molecule has 45 heavy (non-hydrogen) atoms. The van der Waals surface area contributed by atoms with Gasteiger partial charge in [0.05, 0.1) is 18.7 Å². The molecule has 2 aliphatic rings. The Balaban J connectivity index is 0.00000196. The Morgan fingerprint density at radius 3 is 2.36 bits per heavy atom. The van der Waals surface area contributed by atoms with Gasteiger partial charge in [0.25, 0.3) is 5.91 Å². The summed E-state index contributed by atoms with van der Waals surface area (Å²) in [7, 11) is 0. The molecule has 236 valence electrons. The minimum absolute atomic E-state index is 0.0935. The number of nitrogens with one attached hydrogen (secondary N) is 1. The second kappa shape index (κ2) is 15.6. The number of hydrogen-bond donors (Lipinski definition) is 2. The van der Waals surface area contributed by atoms with Crippen molar-refractivity contribution < 1.29 is 24.2 Å². The zero-order valence-electron chi connectivity index (χ0n) is 26.0. The Labute approximate surface area is 269 Å². The van der Waals surface area contributed by atoms with Gasteiger partial charge in [0, 0.05) is 28.7 Å². The monoisotopic (exact) mass is 627 g/mol. The first-order valence-electron chi connectivity index (χ1n) is 15.9. The van der Waals surface area contributed by atoms with Crippen LogP contribution in [0.1, 0.15) is 79.8 Å². The first kappa shape index (κ1) is 32.0. The highest BCUT2D eigenvalue weighted by Crippen LogP contribution is 2.39. The van der Waals surface area contributed by atoms with E-state index in [-0.39, 0.29) is 18.9 Å². The number of rotatable bonds is 10. The number of aromatic nitrogens is 1. The highest BCUT2D eigenvalue weighted by molar-refractivity contribution is 7.14. The molecule has 0 unspecified atom stereocenters. The molecule has 1 fully saturated rings. The third-order valence-electron chi connectivity index (χ3n) is 8.02. The number of ether oxygens (including phenoxy) is 2. The van der Waals surface area contributed by atoms with Crippen molar-refractivity contribution in [2.45, 2.75) is 64.8 Å². The third-order valence-corrected chi connectivity index (χ3v) is 8.89. The molecule has 1 aliphatic carbocycles. The quantitative estimate of drug-likeness (QED) is 0.183. The average Bonchev–Trinajstić information content (AvgIpc) is 3.59. The summed E-state index contributed by atoms with van der Waals surface area (Å²) < 4.78 is 11.5. The molecule has 1 saturated carbocycles. The second-order valence-electron chi connectivity index (χ2n) is 11.0. The second-order valence-corrected chi connectivity index (χ2v) is 11.8. The van der Waals surface area contributed by atoms with Gasteiger partial charge in [-0.05, 0) is 72.4 Å². The molecule has 2 N–H and O–H groups in total. The predicted molar refractivity (Wildman–Crippen MR) is 179 cm³/mol. The first-order valence-corrected chi connectivity index (χ1v) is 16.7. The van der Waals surface area contributed by atoms with E-state index in [1.807, 2.05) is 44.2 Å². The third kappa shape index (κ3) is 8.22. The lowest BCUT2D eigenvalue weighted by atomic mass is 9.84. The molecule has 0 atom stereocenters. The number of anilines is 2. The molecule has 1 amide bonds. The van der Waals surface area contributed by atoms with E-state index in [2.05, 4.69) is 39.9 Å². The van der Waals surface area contributed by atoms with E-state index in [1.165, 1.54) is 37.7 Å². The summed E-state index contributed by atoms with van der Waals surface area (Å²) in [5, 5.41) is 14.4. The zero-order chi connectivity index (χ0) is 31.6. The Morgan fingerprint density at radius 1 is 0.933 bits per heavy atom. The van der Waals surface area contributed by atoms with Crippen LogP contribution in [0, 0.1) is 0 Å². The van der Waals surface area contributed by atoms with E-state index in [0.29, 0.717) is 31.2 Å². The summed E-state index contributed by atoms with van der Waals surface area (Å²) in [6.07, 6.45) is 6.33. The van der Waals surface area contributed by atoms with Crippen molar-refractivity contribution in [2.24, 2.45) is 0 Å². The van der Waals surface area contributed by atoms with Gasteiger partial charge in [-0.3, -0.25) is 9.59 Å². The fourth-order valence-electron chi connectivity index (χ4n) is 5.68. The van der Waals surface area contributed by atoms with E-state index in [9.17, 15) is 9.59 Å². The Hall–Kier alpha value is -4.37. The molecule has 0 radical (unpaired) electrons. The topological polar surface area (TPSA) is 101 Å². The van der Waals surface area contributed by atoms with E-state index < -0.39 is 5.97 Å². The maximum absolute atomic E-state index is 12.5. The number of carbonyl (C=O) groups excluding carboxylic acids is 1. The van der Waals surface area contributed by atoms with Gasteiger partial charge >= 0.3 is 5.97 Å². The fraction of sp³-hybridized carbons (Fsp3) is 0.361. The minimum Gasteiger partial charge on any atom is -0.486 e. The summed E-state index contributed by atoms with van der Waals surface area (Å²) >= 11 is 1.59. The Kier molecular flexibility index (Phi) is 11.1. The van der Waals surface area contributed by atoms with Crippen LogP contribution < -0.4 is 19.7 Å². The first-order chi connectivity index (χ1) is 22.0. The maximum Gasteiger partial charge on any atom is 0.305 e. The Morgan fingerprint density at radius 2 is 1.64 bits per heavy atom. The van der Waals surface area contributed by atoms with Crippen molar-refractivity contribution in [1.82, 2.24) is 10.3 Å². The van der Waals surface area contributed by atoms with Gasteiger partial charge < -0.3 is 24.8 Å². The highest BCUT2D eigenvalue weighted by atomic mass is 32.1. The molecule has 0 bridgehead atoms. The number of carbonyl (C=O) groups is 2. The number of amides is 1. The van der Waals surface area contributed by atoms with Crippen LogP contribution in [0.3, 0.4) is 0 Å². The lowest BCUT2D eigenvalue weighted by Crippen LogP contribution is -2.26. The molecule has 1 aliphatic heterocycles. The number of aliphatic carboxylic acids is 1. The lowest BCUT2D eigenvalue weighted by Gasteiger charge is -2.25. The van der Waals surface area contributed by atoms with E-state index in [0.717, 1.165) is 39.1 Å². The van der Waals surface area contributed by atoms with Crippen LogP contribution in [0.15, 0.2) is 72.1 Å². The Bertz CT molecular complexity index is 1560. The van der Waals surface area contributed by atoms with Gasteiger partial charge in [-0.25, -0.2) is 4.98 Å². The van der Waals surface area contributed by atoms with E-state index in [4.69, 9.17) is 19.6 Å². The molecule has 2 heterocycles. The largest absolute Gasteiger partial charge is 0.486 e. The van der Waals surface area contributed by atoms with Crippen molar-refractivity contribution >= 4 is 34.0 Å². The average molecular weight is 628 g/mol. The molecular weight excluding hydrogens is 586 g/mol. The summed E-state index contributed by atoms with van der Waals surface area (Å²) in [6, 6.07) is 22.3. The molecular formula is C36H41N3O5S. The van der Waals surface area contributed by atoms with Crippen molar-refractivity contribution in [1.29, 1.82) is 0 Å². The zero-order valence-corrected chi connectivity index (χ0v) is 26.8. The van der Waals surface area contributed by atoms with Gasteiger partial charge in [-0.1, -0.05) is 57.4 Å². The van der Waals surface area contributed by atoms with Gasteiger partial charge in [-0.2, -0.15) is 0 Å². The summed E-state index contributed by atoms with van der Waals surface area (Å²) in [4.78, 5) is 30.5. The van der Waals surface area contributed by atoms with E-state index >= 15 is 0 Å². The molecule has 1 aromatic heterocycles.